The summed E-state index contributed by atoms with van der Waals surface area (Å²) in [7, 11) is 0. The third-order valence-corrected chi connectivity index (χ3v) is 2.81. The number of halogens is 4. The van der Waals surface area contributed by atoms with E-state index in [1.54, 1.807) is 5.10 Å². The van der Waals surface area contributed by atoms with Gasteiger partial charge in [0.15, 0.2) is 0 Å². The van der Waals surface area contributed by atoms with Gasteiger partial charge in [0.25, 0.3) is 5.56 Å². The number of carboxylic acid groups (broad SMARTS) is 1. The average Bonchev–Trinajstić information content (AvgIpc) is 2.41. The quantitative estimate of drug-likeness (QED) is 0.851. The van der Waals surface area contributed by atoms with Crippen molar-refractivity contribution in [3.63, 3.8) is 0 Å². The minimum absolute atomic E-state index is 0.130. The van der Waals surface area contributed by atoms with Crippen molar-refractivity contribution in [3.8, 4) is 0 Å². The summed E-state index contributed by atoms with van der Waals surface area (Å²) in [5.41, 5.74) is -3.26. The van der Waals surface area contributed by atoms with Crippen molar-refractivity contribution in [1.29, 1.82) is 0 Å². The van der Waals surface area contributed by atoms with Gasteiger partial charge in [-0.2, -0.15) is 18.3 Å². The highest BCUT2D eigenvalue weighted by atomic mass is 19.4. The van der Waals surface area contributed by atoms with Gasteiger partial charge in [0.05, 0.1) is 11.3 Å². The molecule has 5 nitrogen and oxygen atoms in total. The van der Waals surface area contributed by atoms with Crippen LogP contribution in [0.3, 0.4) is 0 Å². The second-order valence-corrected chi connectivity index (χ2v) is 4.40. The van der Waals surface area contributed by atoms with E-state index in [0.29, 0.717) is 6.07 Å². The van der Waals surface area contributed by atoms with E-state index in [0.717, 1.165) is 12.1 Å². The predicted octanol–water partition coefficient (Wildman–Crippen LogP) is 2.22. The number of benzene rings is 1. The molecule has 0 bridgehead atoms. The fourth-order valence-electron chi connectivity index (χ4n) is 1.80. The maximum Gasteiger partial charge on any atom is 0.421 e. The summed E-state index contributed by atoms with van der Waals surface area (Å²) in [5.74, 6) is -2.45. The van der Waals surface area contributed by atoms with E-state index in [2.05, 4.69) is 5.10 Å². The Morgan fingerprint density at radius 3 is 2.55 bits per heavy atom. The number of aromatic carboxylic acids is 1. The van der Waals surface area contributed by atoms with Crippen LogP contribution in [0.5, 0.6) is 0 Å². The molecule has 1 heterocycles. The van der Waals surface area contributed by atoms with Crippen molar-refractivity contribution in [2.45, 2.75) is 12.6 Å². The van der Waals surface area contributed by atoms with Crippen LogP contribution in [-0.2, 0) is 12.6 Å². The molecule has 2 N–H and O–H groups in total. The van der Waals surface area contributed by atoms with Crippen LogP contribution >= 0.6 is 0 Å². The van der Waals surface area contributed by atoms with Crippen molar-refractivity contribution in [3.05, 3.63) is 62.8 Å². The van der Waals surface area contributed by atoms with Gasteiger partial charge in [-0.15, -0.1) is 0 Å². The number of carboxylic acids is 1. The number of alkyl halides is 3. The first-order chi connectivity index (χ1) is 10.2. The van der Waals surface area contributed by atoms with Crippen LogP contribution in [0.4, 0.5) is 17.6 Å². The zero-order valence-corrected chi connectivity index (χ0v) is 10.7. The molecular weight excluding hydrogens is 308 g/mol. The maximum absolute atomic E-state index is 13.2. The fraction of sp³-hybridized carbons (Fsp3) is 0.154. The molecule has 9 heteroatoms. The Balaban J connectivity index is 2.38. The van der Waals surface area contributed by atoms with Crippen molar-refractivity contribution in [1.82, 2.24) is 10.2 Å². The van der Waals surface area contributed by atoms with Gasteiger partial charge in [-0.05, 0) is 23.8 Å². The molecule has 0 unspecified atom stereocenters. The lowest BCUT2D eigenvalue weighted by Gasteiger charge is -2.07. The Bertz CT molecular complexity index is 784. The molecule has 2 rings (SSSR count). The second-order valence-electron chi connectivity index (χ2n) is 4.40. The molecule has 0 fully saturated rings. The maximum atomic E-state index is 13.2. The molecule has 0 saturated heterocycles. The topological polar surface area (TPSA) is 83.0 Å². The molecule has 0 amide bonds. The van der Waals surface area contributed by atoms with Crippen molar-refractivity contribution >= 4 is 5.97 Å². The van der Waals surface area contributed by atoms with Gasteiger partial charge < -0.3 is 5.11 Å². The highest BCUT2D eigenvalue weighted by Crippen LogP contribution is 2.26. The number of carbonyl (C=O) groups is 1. The third kappa shape index (κ3) is 3.30. The Hall–Kier alpha value is -2.71. The predicted molar refractivity (Wildman–Crippen MR) is 66.0 cm³/mol. The normalized spacial score (nSPS) is 11.5. The first kappa shape index (κ1) is 15.7. The third-order valence-electron chi connectivity index (χ3n) is 2.81. The van der Waals surface area contributed by atoms with Crippen LogP contribution in [0, 0.1) is 5.82 Å². The Kier molecular flexibility index (Phi) is 3.98. The standard InChI is InChI=1S/C13H8F4N2O3/c14-10-2-1-6(4-8(10)12(21)22)3-7-5-9(13(15,16)17)11(20)19-18-7/h1-2,4-5H,3H2,(H,19,20)(H,21,22). The van der Waals surface area contributed by atoms with Crippen LogP contribution in [0.1, 0.15) is 27.2 Å². The highest BCUT2D eigenvalue weighted by Gasteiger charge is 2.34. The Morgan fingerprint density at radius 1 is 1.27 bits per heavy atom. The molecule has 22 heavy (non-hydrogen) atoms. The molecule has 0 aliphatic heterocycles. The van der Waals surface area contributed by atoms with E-state index in [4.69, 9.17) is 5.11 Å². The van der Waals surface area contributed by atoms with Gasteiger partial charge in [0, 0.05) is 6.42 Å². The highest BCUT2D eigenvalue weighted by molar-refractivity contribution is 5.88. The largest absolute Gasteiger partial charge is 0.478 e. The molecular formula is C13H8F4N2O3. The summed E-state index contributed by atoms with van der Waals surface area (Å²) < 4.78 is 51.1. The van der Waals surface area contributed by atoms with Crippen molar-refractivity contribution < 1.29 is 27.5 Å². The van der Waals surface area contributed by atoms with Gasteiger partial charge in [-0.3, -0.25) is 4.79 Å². The number of aromatic amines is 1. The lowest BCUT2D eigenvalue weighted by Crippen LogP contribution is -2.23. The number of nitrogens with one attached hydrogen (secondary N) is 1. The lowest BCUT2D eigenvalue weighted by molar-refractivity contribution is -0.138. The monoisotopic (exact) mass is 316 g/mol. The molecule has 0 aliphatic carbocycles. The van der Waals surface area contributed by atoms with Crippen LogP contribution in [0.25, 0.3) is 0 Å². The molecule has 2 aromatic rings. The van der Waals surface area contributed by atoms with E-state index in [-0.39, 0.29) is 17.7 Å². The van der Waals surface area contributed by atoms with Crippen molar-refractivity contribution in [2.24, 2.45) is 0 Å². The summed E-state index contributed by atoms with van der Waals surface area (Å²) >= 11 is 0. The zero-order chi connectivity index (χ0) is 16.5. The summed E-state index contributed by atoms with van der Waals surface area (Å²) in [6.07, 6.45) is -5.03. The number of aromatic nitrogens is 2. The van der Waals surface area contributed by atoms with Crippen LogP contribution in [0.2, 0.25) is 0 Å². The molecule has 0 aliphatic rings. The number of nitrogens with zero attached hydrogens (tertiary/aromatic N) is 1. The number of H-pyrrole nitrogens is 1. The smallest absolute Gasteiger partial charge is 0.421 e. The minimum atomic E-state index is -4.83. The first-order valence-corrected chi connectivity index (χ1v) is 5.86. The van der Waals surface area contributed by atoms with Crippen LogP contribution in [0.15, 0.2) is 29.1 Å². The van der Waals surface area contributed by atoms with E-state index < -0.39 is 34.6 Å². The molecule has 0 spiro atoms. The molecule has 1 aromatic heterocycles. The average molecular weight is 316 g/mol. The van der Waals surface area contributed by atoms with Gasteiger partial charge in [-0.1, -0.05) is 6.07 Å². The van der Waals surface area contributed by atoms with Gasteiger partial charge in [-0.25, -0.2) is 14.3 Å². The molecule has 0 atom stereocenters. The minimum Gasteiger partial charge on any atom is -0.478 e. The van der Waals surface area contributed by atoms with Gasteiger partial charge in [0.1, 0.15) is 11.4 Å². The molecule has 116 valence electrons. The number of rotatable bonds is 3. The van der Waals surface area contributed by atoms with Crippen LogP contribution in [-0.4, -0.2) is 21.3 Å². The molecule has 0 saturated carbocycles. The number of hydrogen-bond acceptors (Lipinski definition) is 3. The van der Waals surface area contributed by atoms with E-state index in [1.807, 2.05) is 0 Å². The van der Waals surface area contributed by atoms with Gasteiger partial charge in [0.2, 0.25) is 0 Å². The lowest BCUT2D eigenvalue weighted by atomic mass is 10.0. The van der Waals surface area contributed by atoms with E-state index in [9.17, 15) is 27.2 Å². The number of hydrogen-bond donors (Lipinski definition) is 2. The fourth-order valence-corrected chi connectivity index (χ4v) is 1.80. The summed E-state index contributed by atoms with van der Waals surface area (Å²) in [6.45, 7) is 0. The Labute approximate surface area is 120 Å². The molecule has 1 aromatic carbocycles. The van der Waals surface area contributed by atoms with E-state index in [1.165, 1.54) is 6.07 Å². The molecule has 0 radical (unpaired) electrons. The summed E-state index contributed by atoms with van der Waals surface area (Å²) in [6, 6.07) is 3.69. The van der Waals surface area contributed by atoms with Crippen molar-refractivity contribution in [2.75, 3.05) is 0 Å². The summed E-state index contributed by atoms with van der Waals surface area (Å²) in [5, 5.41) is 14.0. The Morgan fingerprint density at radius 2 is 1.95 bits per heavy atom. The zero-order valence-electron chi connectivity index (χ0n) is 10.7. The summed E-state index contributed by atoms with van der Waals surface area (Å²) in [4.78, 5) is 21.9. The second kappa shape index (κ2) is 5.58. The van der Waals surface area contributed by atoms with E-state index >= 15 is 0 Å². The van der Waals surface area contributed by atoms with Gasteiger partial charge >= 0.3 is 12.1 Å². The van der Waals surface area contributed by atoms with Crippen LogP contribution < -0.4 is 5.56 Å². The first-order valence-electron chi connectivity index (χ1n) is 5.86. The SMILES string of the molecule is O=C(O)c1cc(Cc2cc(C(F)(F)F)c(=O)[nH]n2)ccc1F.